The van der Waals surface area contributed by atoms with Crippen molar-refractivity contribution in [3.05, 3.63) is 35.6 Å². The van der Waals surface area contributed by atoms with E-state index in [9.17, 15) is 4.79 Å². The fourth-order valence-electron chi connectivity index (χ4n) is 2.95. The molecule has 0 aliphatic carbocycles. The topological polar surface area (TPSA) is 54.3 Å². The minimum atomic E-state index is -0.115. The summed E-state index contributed by atoms with van der Waals surface area (Å²) in [7, 11) is 0. The van der Waals surface area contributed by atoms with E-state index in [-0.39, 0.29) is 30.4 Å². The molecule has 4 nitrogen and oxygen atoms in total. The standard InChI is InChI=1S/C17H22N2O2S.ClH/c1-11-14-5-3-4-6-15(14)21-17(11)12(2)19-16(20)9-13-10-22-8-7-18-13;/h3-6,12-13,18H,7-10H2,1-2H3,(H,19,20);1H. The molecule has 0 bridgehead atoms. The van der Waals surface area contributed by atoms with Gasteiger partial charge in [-0.25, -0.2) is 0 Å². The van der Waals surface area contributed by atoms with Crippen molar-refractivity contribution in [2.24, 2.45) is 0 Å². The van der Waals surface area contributed by atoms with Crippen LogP contribution < -0.4 is 10.6 Å². The number of rotatable bonds is 4. The summed E-state index contributed by atoms with van der Waals surface area (Å²) in [6, 6.07) is 8.15. The second-order valence-electron chi connectivity index (χ2n) is 5.81. The number of nitrogens with one attached hydrogen (secondary N) is 2. The Bertz CT molecular complexity index is 668. The summed E-state index contributed by atoms with van der Waals surface area (Å²) in [4.78, 5) is 12.2. The number of amides is 1. The number of hydrogen-bond acceptors (Lipinski definition) is 4. The molecule has 2 heterocycles. The third-order valence-corrected chi connectivity index (χ3v) is 5.21. The van der Waals surface area contributed by atoms with E-state index in [1.807, 2.05) is 43.8 Å². The lowest BCUT2D eigenvalue weighted by atomic mass is 10.1. The van der Waals surface area contributed by atoms with Gasteiger partial charge in [0.15, 0.2) is 0 Å². The maximum absolute atomic E-state index is 12.2. The molecule has 1 aliphatic heterocycles. The summed E-state index contributed by atoms with van der Waals surface area (Å²) in [5, 5.41) is 7.57. The molecule has 2 atom stereocenters. The molecule has 0 saturated carbocycles. The van der Waals surface area contributed by atoms with Gasteiger partial charge >= 0.3 is 0 Å². The Labute approximate surface area is 147 Å². The van der Waals surface area contributed by atoms with Crippen molar-refractivity contribution >= 4 is 41.0 Å². The van der Waals surface area contributed by atoms with Crippen LogP contribution in [0.2, 0.25) is 0 Å². The number of halogens is 1. The van der Waals surface area contributed by atoms with E-state index in [1.54, 1.807) is 0 Å². The Morgan fingerprint density at radius 3 is 2.96 bits per heavy atom. The fraction of sp³-hybridized carbons (Fsp3) is 0.471. The molecule has 6 heteroatoms. The fourth-order valence-corrected chi connectivity index (χ4v) is 3.90. The van der Waals surface area contributed by atoms with Crippen LogP contribution in [0.5, 0.6) is 0 Å². The number of para-hydroxylation sites is 1. The Hall–Kier alpha value is -1.17. The van der Waals surface area contributed by atoms with E-state index in [4.69, 9.17) is 4.42 Å². The van der Waals surface area contributed by atoms with Crippen molar-refractivity contribution in [3.63, 3.8) is 0 Å². The van der Waals surface area contributed by atoms with Gasteiger partial charge in [0.25, 0.3) is 0 Å². The van der Waals surface area contributed by atoms with Crippen LogP contribution in [0.1, 0.15) is 30.7 Å². The second kappa shape index (κ2) is 8.08. The van der Waals surface area contributed by atoms with Crippen LogP contribution in [0.25, 0.3) is 11.0 Å². The van der Waals surface area contributed by atoms with Gasteiger partial charge in [0, 0.05) is 41.5 Å². The van der Waals surface area contributed by atoms with E-state index in [0.717, 1.165) is 40.3 Å². The molecule has 2 aromatic rings. The van der Waals surface area contributed by atoms with E-state index in [0.29, 0.717) is 6.42 Å². The maximum Gasteiger partial charge on any atom is 0.222 e. The lowest BCUT2D eigenvalue weighted by molar-refractivity contribution is -0.122. The quantitative estimate of drug-likeness (QED) is 0.883. The zero-order valence-electron chi connectivity index (χ0n) is 13.4. The molecule has 1 saturated heterocycles. The average molecular weight is 355 g/mol. The molecular weight excluding hydrogens is 332 g/mol. The number of thioether (sulfide) groups is 1. The molecule has 126 valence electrons. The summed E-state index contributed by atoms with van der Waals surface area (Å²) in [6.07, 6.45) is 0.524. The molecule has 1 fully saturated rings. The lowest BCUT2D eigenvalue weighted by Gasteiger charge is -2.23. The zero-order valence-corrected chi connectivity index (χ0v) is 15.1. The van der Waals surface area contributed by atoms with Gasteiger partial charge in [-0.05, 0) is 19.9 Å². The van der Waals surface area contributed by atoms with Gasteiger partial charge in [0.2, 0.25) is 5.91 Å². The molecular formula is C17H23ClN2O2S. The molecule has 1 aromatic heterocycles. The molecule has 1 aromatic carbocycles. The smallest absolute Gasteiger partial charge is 0.222 e. The monoisotopic (exact) mass is 354 g/mol. The largest absolute Gasteiger partial charge is 0.459 e. The first kappa shape index (κ1) is 18.2. The normalized spacial score (nSPS) is 19.1. The first-order valence-corrected chi connectivity index (χ1v) is 8.89. The number of fused-ring (bicyclic) bond motifs is 1. The van der Waals surface area contributed by atoms with Crippen molar-refractivity contribution in [2.75, 3.05) is 18.1 Å². The summed E-state index contributed by atoms with van der Waals surface area (Å²) in [5.41, 5.74) is 1.98. The van der Waals surface area contributed by atoms with Crippen LogP contribution in [0.15, 0.2) is 28.7 Å². The van der Waals surface area contributed by atoms with Crippen molar-refractivity contribution in [2.45, 2.75) is 32.4 Å². The van der Waals surface area contributed by atoms with E-state index < -0.39 is 0 Å². The number of carbonyl (C=O) groups is 1. The van der Waals surface area contributed by atoms with Gasteiger partial charge in [-0.2, -0.15) is 11.8 Å². The van der Waals surface area contributed by atoms with Crippen LogP contribution in [-0.2, 0) is 4.79 Å². The summed E-state index contributed by atoms with van der Waals surface area (Å²) < 4.78 is 5.92. The highest BCUT2D eigenvalue weighted by Crippen LogP contribution is 2.29. The van der Waals surface area contributed by atoms with Gasteiger partial charge < -0.3 is 15.1 Å². The van der Waals surface area contributed by atoms with E-state index in [2.05, 4.69) is 16.7 Å². The van der Waals surface area contributed by atoms with Crippen molar-refractivity contribution < 1.29 is 9.21 Å². The Morgan fingerprint density at radius 1 is 1.48 bits per heavy atom. The predicted molar refractivity (Wildman–Crippen MR) is 98.5 cm³/mol. The third-order valence-electron chi connectivity index (χ3n) is 4.08. The molecule has 0 spiro atoms. The van der Waals surface area contributed by atoms with Crippen molar-refractivity contribution in [1.82, 2.24) is 10.6 Å². The highest BCUT2D eigenvalue weighted by Gasteiger charge is 2.21. The minimum Gasteiger partial charge on any atom is -0.459 e. The Balaban J connectivity index is 0.00000192. The predicted octanol–water partition coefficient (Wildman–Crippen LogP) is 3.44. The van der Waals surface area contributed by atoms with E-state index in [1.165, 1.54) is 0 Å². The second-order valence-corrected chi connectivity index (χ2v) is 6.96. The Morgan fingerprint density at radius 2 is 2.26 bits per heavy atom. The number of benzene rings is 1. The van der Waals surface area contributed by atoms with Gasteiger partial charge in [0.05, 0.1) is 6.04 Å². The number of hydrogen-bond donors (Lipinski definition) is 2. The molecule has 0 radical (unpaired) electrons. The molecule has 2 unspecified atom stereocenters. The van der Waals surface area contributed by atoms with Crippen LogP contribution in [0.3, 0.4) is 0 Å². The van der Waals surface area contributed by atoms with Crippen LogP contribution >= 0.6 is 24.2 Å². The molecule has 1 amide bonds. The highest BCUT2D eigenvalue weighted by atomic mass is 35.5. The van der Waals surface area contributed by atoms with Crippen LogP contribution in [-0.4, -0.2) is 30.0 Å². The first-order valence-electron chi connectivity index (χ1n) is 7.73. The summed E-state index contributed by atoms with van der Waals surface area (Å²) in [5.74, 6) is 3.06. The maximum atomic E-state index is 12.2. The summed E-state index contributed by atoms with van der Waals surface area (Å²) >= 11 is 1.90. The molecule has 3 rings (SSSR count). The van der Waals surface area contributed by atoms with Gasteiger partial charge in [-0.3, -0.25) is 4.79 Å². The minimum absolute atomic E-state index is 0. The van der Waals surface area contributed by atoms with Crippen molar-refractivity contribution in [3.8, 4) is 0 Å². The average Bonchev–Trinajstić information content (AvgIpc) is 2.86. The highest BCUT2D eigenvalue weighted by molar-refractivity contribution is 7.99. The molecule has 1 aliphatic rings. The Kier molecular flexibility index (Phi) is 6.39. The van der Waals surface area contributed by atoms with Crippen LogP contribution in [0, 0.1) is 6.92 Å². The van der Waals surface area contributed by atoms with Gasteiger partial charge in [-0.15, -0.1) is 12.4 Å². The number of aryl methyl sites for hydroxylation is 1. The number of furan rings is 1. The number of carbonyl (C=O) groups excluding carboxylic acids is 1. The zero-order chi connectivity index (χ0) is 15.5. The molecule has 23 heavy (non-hydrogen) atoms. The summed E-state index contributed by atoms with van der Waals surface area (Å²) in [6.45, 7) is 5.01. The third kappa shape index (κ3) is 4.22. The van der Waals surface area contributed by atoms with Gasteiger partial charge in [0.1, 0.15) is 11.3 Å². The van der Waals surface area contributed by atoms with Gasteiger partial charge in [-0.1, -0.05) is 18.2 Å². The SMILES string of the molecule is Cc1c(C(C)NC(=O)CC2CSCCN2)oc2ccccc12.Cl. The van der Waals surface area contributed by atoms with Crippen molar-refractivity contribution in [1.29, 1.82) is 0 Å². The van der Waals surface area contributed by atoms with E-state index >= 15 is 0 Å². The lowest BCUT2D eigenvalue weighted by Crippen LogP contribution is -2.41. The van der Waals surface area contributed by atoms with Crippen LogP contribution in [0.4, 0.5) is 0 Å². The first-order chi connectivity index (χ1) is 10.6. The molecule has 2 N–H and O–H groups in total.